The molecule has 204 valence electrons. The average molecular weight is 544 g/mol. The molecule has 0 aliphatic carbocycles. The van der Waals surface area contributed by atoms with E-state index in [2.05, 4.69) is 5.32 Å². The summed E-state index contributed by atoms with van der Waals surface area (Å²) >= 11 is 0. The summed E-state index contributed by atoms with van der Waals surface area (Å²) in [6, 6.07) is 10.6. The van der Waals surface area contributed by atoms with Crippen LogP contribution in [0.1, 0.15) is 39.2 Å². The highest BCUT2D eigenvalue weighted by molar-refractivity contribution is 7.91. The second-order valence-electron chi connectivity index (χ2n) is 10.0. The van der Waals surface area contributed by atoms with E-state index >= 15 is 0 Å². The molecule has 1 amide bonds. The largest absolute Gasteiger partial charge is 0.490 e. The summed E-state index contributed by atoms with van der Waals surface area (Å²) < 4.78 is 45.4. The minimum Gasteiger partial charge on any atom is -0.490 e. The molecule has 2 bridgehead atoms. The molecule has 0 aromatic heterocycles. The number of carbonyl (C=O) groups is 3. The molecular weight excluding hydrogens is 509 g/mol. The standard InChI is InChI=1S/C29H34FNO6S/c1-19(2)28-27(33)17-22(20(3)32)6-4-5-15-37-25-11-7-21(8-12-25)16-23(29(34)31-28)18-38(35,36)26-13-9-24(30)10-14-26/h4-5,7-14,19,22-23,28H,6,15-18H2,1-3H3,(H,31,34)/b5-4-/t22-,23-,28+/m1/s1. The second-order valence-corrected chi connectivity index (χ2v) is 12.0. The lowest BCUT2D eigenvalue weighted by molar-refractivity contribution is -0.132. The van der Waals surface area contributed by atoms with Crippen LogP contribution in [-0.4, -0.2) is 44.3 Å². The van der Waals surface area contributed by atoms with E-state index in [4.69, 9.17) is 4.74 Å². The van der Waals surface area contributed by atoms with Gasteiger partial charge in [-0.1, -0.05) is 38.1 Å². The Morgan fingerprint density at radius 1 is 1.03 bits per heavy atom. The van der Waals surface area contributed by atoms with Crippen LogP contribution in [0.5, 0.6) is 5.75 Å². The van der Waals surface area contributed by atoms with Gasteiger partial charge in [0.1, 0.15) is 24.0 Å². The predicted octanol–water partition coefficient (Wildman–Crippen LogP) is 4.10. The Balaban J connectivity index is 1.96. The lowest BCUT2D eigenvalue weighted by Gasteiger charge is -2.26. The number of hydrogen-bond donors (Lipinski definition) is 1. The number of Topliss-reactive ketones (excluding diaryl/α,β-unsaturated/α-hetero) is 2. The van der Waals surface area contributed by atoms with Crippen LogP contribution in [0.3, 0.4) is 0 Å². The van der Waals surface area contributed by atoms with Crippen molar-refractivity contribution in [1.82, 2.24) is 5.32 Å². The van der Waals surface area contributed by atoms with Crippen LogP contribution >= 0.6 is 0 Å². The molecule has 2 aliphatic heterocycles. The molecular formula is C29H34FNO6S. The van der Waals surface area contributed by atoms with E-state index in [0.29, 0.717) is 12.2 Å². The van der Waals surface area contributed by atoms with Crippen molar-refractivity contribution in [3.05, 3.63) is 72.1 Å². The van der Waals surface area contributed by atoms with E-state index in [9.17, 15) is 27.2 Å². The summed E-state index contributed by atoms with van der Waals surface area (Å²) in [5.41, 5.74) is 0.718. The predicted molar refractivity (Wildman–Crippen MR) is 142 cm³/mol. The van der Waals surface area contributed by atoms with Crippen molar-refractivity contribution >= 4 is 27.3 Å². The maximum absolute atomic E-state index is 13.5. The molecule has 3 atom stereocenters. The van der Waals surface area contributed by atoms with E-state index < -0.39 is 45.2 Å². The molecule has 0 radical (unpaired) electrons. The third kappa shape index (κ3) is 8.08. The number of nitrogens with one attached hydrogen (secondary N) is 1. The van der Waals surface area contributed by atoms with Gasteiger partial charge in [0.25, 0.3) is 0 Å². The van der Waals surface area contributed by atoms with Gasteiger partial charge < -0.3 is 10.1 Å². The average Bonchev–Trinajstić information content (AvgIpc) is 2.86. The van der Waals surface area contributed by atoms with E-state index in [1.165, 1.54) is 19.1 Å². The first-order chi connectivity index (χ1) is 18.0. The van der Waals surface area contributed by atoms with Crippen molar-refractivity contribution in [2.75, 3.05) is 12.4 Å². The van der Waals surface area contributed by atoms with E-state index in [0.717, 1.165) is 17.7 Å². The quantitative estimate of drug-likeness (QED) is 0.450. The van der Waals surface area contributed by atoms with Gasteiger partial charge in [0, 0.05) is 12.3 Å². The van der Waals surface area contributed by atoms with Crippen LogP contribution in [0, 0.1) is 23.6 Å². The zero-order chi connectivity index (χ0) is 27.9. The maximum Gasteiger partial charge on any atom is 0.225 e. The Morgan fingerprint density at radius 2 is 1.68 bits per heavy atom. The van der Waals surface area contributed by atoms with E-state index in [1.807, 2.05) is 6.08 Å². The van der Waals surface area contributed by atoms with Gasteiger partial charge in [0.15, 0.2) is 15.6 Å². The van der Waals surface area contributed by atoms with Crippen molar-refractivity contribution in [3.63, 3.8) is 0 Å². The number of halogens is 1. The first-order valence-corrected chi connectivity index (χ1v) is 14.3. The van der Waals surface area contributed by atoms with Gasteiger partial charge >= 0.3 is 0 Å². The SMILES string of the molecule is CC(=O)[C@@H]1C/C=C\COc2ccc(cc2)C[C@H](CS(=O)(=O)c2ccc(F)cc2)C(=O)N[C@@H](C(C)C)C(=O)C1. The molecule has 0 saturated carbocycles. The molecule has 1 N–H and O–H groups in total. The molecule has 4 rings (SSSR count). The van der Waals surface area contributed by atoms with E-state index in [1.54, 1.807) is 44.2 Å². The lowest BCUT2D eigenvalue weighted by atomic mass is 9.88. The number of amides is 1. The second kappa shape index (κ2) is 13.0. The normalized spacial score (nSPS) is 22.4. The Bertz CT molecular complexity index is 1270. The minimum atomic E-state index is -3.95. The molecule has 7 nitrogen and oxygen atoms in total. The van der Waals surface area contributed by atoms with Crippen LogP contribution < -0.4 is 10.1 Å². The van der Waals surface area contributed by atoms with Gasteiger partial charge in [-0.25, -0.2) is 12.8 Å². The zero-order valence-electron chi connectivity index (χ0n) is 21.9. The molecule has 2 aromatic rings. The summed E-state index contributed by atoms with van der Waals surface area (Å²) in [5.74, 6) is -3.33. The molecule has 2 heterocycles. The molecule has 0 fully saturated rings. The first-order valence-electron chi connectivity index (χ1n) is 12.6. The Morgan fingerprint density at radius 3 is 2.29 bits per heavy atom. The number of carbonyl (C=O) groups excluding carboxylic acids is 3. The number of ether oxygens (including phenoxy) is 1. The lowest BCUT2D eigenvalue weighted by Crippen LogP contribution is -2.48. The Labute approximate surface area is 223 Å². The zero-order valence-corrected chi connectivity index (χ0v) is 22.7. The van der Waals surface area contributed by atoms with Crippen LogP contribution in [-0.2, 0) is 30.6 Å². The van der Waals surface area contributed by atoms with Crippen LogP contribution in [0.15, 0.2) is 65.6 Å². The van der Waals surface area contributed by atoms with Crippen LogP contribution in [0.4, 0.5) is 4.39 Å². The fraction of sp³-hybridized carbons (Fsp3) is 0.414. The number of fused-ring (bicyclic) bond motifs is 13. The highest BCUT2D eigenvalue weighted by atomic mass is 32.2. The molecule has 2 aromatic carbocycles. The van der Waals surface area contributed by atoms with Crippen molar-refractivity contribution < 1.29 is 31.9 Å². The summed E-state index contributed by atoms with van der Waals surface area (Å²) in [4.78, 5) is 38.9. The summed E-state index contributed by atoms with van der Waals surface area (Å²) in [5, 5.41) is 2.78. The summed E-state index contributed by atoms with van der Waals surface area (Å²) in [7, 11) is -3.95. The monoisotopic (exact) mass is 543 g/mol. The third-order valence-corrected chi connectivity index (χ3v) is 8.47. The van der Waals surface area contributed by atoms with Crippen LogP contribution in [0.2, 0.25) is 0 Å². The van der Waals surface area contributed by atoms with Gasteiger partial charge in [-0.15, -0.1) is 0 Å². The number of allylic oxidation sites excluding steroid dienone is 1. The molecule has 9 heteroatoms. The molecule has 2 aliphatic rings. The van der Waals surface area contributed by atoms with Gasteiger partial charge in [-0.3, -0.25) is 14.4 Å². The number of rotatable bonds is 5. The van der Waals surface area contributed by atoms with Crippen molar-refractivity contribution in [1.29, 1.82) is 0 Å². The van der Waals surface area contributed by atoms with Gasteiger partial charge in [-0.2, -0.15) is 0 Å². The van der Waals surface area contributed by atoms with Crippen LogP contribution in [0.25, 0.3) is 0 Å². The number of hydrogen-bond acceptors (Lipinski definition) is 6. The fourth-order valence-electron chi connectivity index (χ4n) is 4.36. The molecule has 0 spiro atoms. The van der Waals surface area contributed by atoms with Crippen molar-refractivity contribution in [2.24, 2.45) is 17.8 Å². The number of sulfone groups is 1. The smallest absolute Gasteiger partial charge is 0.225 e. The topological polar surface area (TPSA) is 107 Å². The van der Waals surface area contributed by atoms with Crippen molar-refractivity contribution in [3.8, 4) is 5.75 Å². The number of ketones is 2. The van der Waals surface area contributed by atoms with E-state index in [-0.39, 0.29) is 41.8 Å². The highest BCUT2D eigenvalue weighted by Gasteiger charge is 2.32. The van der Waals surface area contributed by atoms with Crippen molar-refractivity contribution in [2.45, 2.75) is 51.0 Å². The molecule has 0 unspecified atom stereocenters. The third-order valence-electron chi connectivity index (χ3n) is 6.64. The summed E-state index contributed by atoms with van der Waals surface area (Å²) in [6.45, 7) is 5.29. The van der Waals surface area contributed by atoms with Gasteiger partial charge in [0.05, 0.1) is 22.6 Å². The number of benzene rings is 2. The maximum atomic E-state index is 13.5. The molecule has 38 heavy (non-hydrogen) atoms. The first kappa shape index (κ1) is 29.2. The van der Waals surface area contributed by atoms with Gasteiger partial charge in [-0.05, 0) is 67.6 Å². The Kier molecular flexibility index (Phi) is 9.96. The summed E-state index contributed by atoms with van der Waals surface area (Å²) in [6.07, 6.45) is 4.03. The highest BCUT2D eigenvalue weighted by Crippen LogP contribution is 2.22. The minimum absolute atomic E-state index is 0.0416. The van der Waals surface area contributed by atoms with Gasteiger partial charge in [0.2, 0.25) is 5.91 Å². The fourth-order valence-corrected chi connectivity index (χ4v) is 5.90. The molecule has 0 saturated heterocycles. The Hall–Kier alpha value is -3.33.